The van der Waals surface area contributed by atoms with Gasteiger partial charge in [-0.2, -0.15) is 0 Å². The first-order valence-corrected chi connectivity index (χ1v) is 7.11. The fourth-order valence-corrected chi connectivity index (χ4v) is 3.15. The lowest BCUT2D eigenvalue weighted by atomic mass is 9.83. The number of hydrogen-bond donors (Lipinski definition) is 1. The number of carboxylic acids is 1. The highest BCUT2D eigenvalue weighted by molar-refractivity contribution is 9.10. The SMILES string of the molecule is O=C(O)c1ccc(Br)cc1C1=CCC2(CC1)CC2. The van der Waals surface area contributed by atoms with E-state index in [1.807, 2.05) is 6.07 Å². The minimum absolute atomic E-state index is 0.413. The molecule has 0 amide bonds. The number of carboxylic acid groups (broad SMARTS) is 1. The average Bonchev–Trinajstić information content (AvgIpc) is 3.09. The molecule has 0 saturated heterocycles. The minimum Gasteiger partial charge on any atom is -0.478 e. The van der Waals surface area contributed by atoms with Crippen LogP contribution in [0.4, 0.5) is 0 Å². The van der Waals surface area contributed by atoms with Crippen molar-refractivity contribution in [2.24, 2.45) is 5.41 Å². The lowest BCUT2D eigenvalue weighted by molar-refractivity contribution is 0.0696. The molecular weight excluding hydrogens is 292 g/mol. The standard InChI is InChI=1S/C15H15BrO2/c16-11-1-2-12(14(17)18)13(9-11)10-3-5-15(6-4-10)7-8-15/h1-3,9H,4-8H2,(H,17,18). The molecule has 2 nitrogen and oxygen atoms in total. The van der Waals surface area contributed by atoms with Crippen molar-refractivity contribution < 1.29 is 9.90 Å². The summed E-state index contributed by atoms with van der Waals surface area (Å²) in [6.45, 7) is 0. The highest BCUT2D eigenvalue weighted by Gasteiger charge is 2.42. The van der Waals surface area contributed by atoms with Crippen LogP contribution < -0.4 is 0 Å². The Morgan fingerprint density at radius 1 is 1.28 bits per heavy atom. The fourth-order valence-electron chi connectivity index (χ4n) is 2.79. The van der Waals surface area contributed by atoms with E-state index in [1.165, 1.54) is 24.8 Å². The molecular formula is C15H15BrO2. The number of hydrogen-bond acceptors (Lipinski definition) is 1. The maximum Gasteiger partial charge on any atom is 0.336 e. The molecule has 0 aliphatic heterocycles. The van der Waals surface area contributed by atoms with E-state index < -0.39 is 5.97 Å². The normalized spacial score (nSPS) is 20.6. The summed E-state index contributed by atoms with van der Waals surface area (Å²) in [4.78, 5) is 11.3. The minimum atomic E-state index is -0.842. The topological polar surface area (TPSA) is 37.3 Å². The number of halogens is 1. The Morgan fingerprint density at radius 2 is 2.06 bits per heavy atom. The van der Waals surface area contributed by atoms with Crippen LogP contribution in [0.2, 0.25) is 0 Å². The van der Waals surface area contributed by atoms with Gasteiger partial charge in [-0.3, -0.25) is 0 Å². The zero-order valence-electron chi connectivity index (χ0n) is 10.1. The largest absolute Gasteiger partial charge is 0.478 e. The van der Waals surface area contributed by atoms with Crippen molar-refractivity contribution in [1.82, 2.24) is 0 Å². The molecule has 3 rings (SSSR count). The smallest absolute Gasteiger partial charge is 0.336 e. The molecule has 2 aliphatic carbocycles. The number of allylic oxidation sites excluding steroid dienone is 2. The molecule has 2 aliphatic rings. The first-order valence-electron chi connectivity index (χ1n) is 6.32. The second-order valence-corrected chi connectivity index (χ2v) is 6.34. The van der Waals surface area contributed by atoms with E-state index in [9.17, 15) is 9.90 Å². The zero-order valence-corrected chi connectivity index (χ0v) is 11.7. The van der Waals surface area contributed by atoms with Crippen LogP contribution in [0.25, 0.3) is 5.57 Å². The van der Waals surface area contributed by atoms with Gasteiger partial charge in [-0.05, 0) is 66.9 Å². The lowest BCUT2D eigenvalue weighted by Crippen LogP contribution is -2.08. The summed E-state index contributed by atoms with van der Waals surface area (Å²) < 4.78 is 0.940. The first kappa shape index (κ1) is 12.0. The Bertz CT molecular complexity index is 541. The van der Waals surface area contributed by atoms with E-state index in [2.05, 4.69) is 22.0 Å². The zero-order chi connectivity index (χ0) is 12.8. The van der Waals surface area contributed by atoms with E-state index >= 15 is 0 Å². The quantitative estimate of drug-likeness (QED) is 0.873. The Hall–Kier alpha value is -1.09. The Morgan fingerprint density at radius 3 is 2.61 bits per heavy atom. The maximum atomic E-state index is 11.3. The van der Waals surface area contributed by atoms with E-state index in [-0.39, 0.29) is 0 Å². The average molecular weight is 307 g/mol. The van der Waals surface area contributed by atoms with Crippen LogP contribution in [0.1, 0.15) is 48.0 Å². The van der Waals surface area contributed by atoms with Crippen molar-refractivity contribution in [2.75, 3.05) is 0 Å². The second-order valence-electron chi connectivity index (χ2n) is 5.43. The van der Waals surface area contributed by atoms with Crippen molar-refractivity contribution in [3.63, 3.8) is 0 Å². The van der Waals surface area contributed by atoms with Crippen LogP contribution in [0.3, 0.4) is 0 Å². The Labute approximate surface area is 115 Å². The maximum absolute atomic E-state index is 11.3. The summed E-state index contributed by atoms with van der Waals surface area (Å²) >= 11 is 3.43. The van der Waals surface area contributed by atoms with Gasteiger partial charge in [-0.1, -0.05) is 22.0 Å². The van der Waals surface area contributed by atoms with Gasteiger partial charge < -0.3 is 5.11 Å². The highest BCUT2D eigenvalue weighted by atomic mass is 79.9. The van der Waals surface area contributed by atoms with Crippen molar-refractivity contribution in [3.05, 3.63) is 39.9 Å². The molecule has 0 bridgehead atoms. The predicted molar refractivity (Wildman–Crippen MR) is 74.6 cm³/mol. The van der Waals surface area contributed by atoms with Gasteiger partial charge in [0.15, 0.2) is 0 Å². The van der Waals surface area contributed by atoms with Crippen LogP contribution in [0.15, 0.2) is 28.7 Å². The molecule has 1 spiro atoms. The van der Waals surface area contributed by atoms with E-state index in [0.29, 0.717) is 11.0 Å². The molecule has 1 N–H and O–H groups in total. The molecule has 1 aromatic rings. The van der Waals surface area contributed by atoms with E-state index in [4.69, 9.17) is 0 Å². The fraction of sp³-hybridized carbons (Fsp3) is 0.400. The molecule has 1 saturated carbocycles. The number of rotatable bonds is 2. The Kier molecular flexibility index (Phi) is 2.81. The highest BCUT2D eigenvalue weighted by Crippen LogP contribution is 2.56. The van der Waals surface area contributed by atoms with E-state index in [1.54, 1.807) is 12.1 Å². The molecule has 0 radical (unpaired) electrons. The predicted octanol–water partition coefficient (Wildman–Crippen LogP) is 4.49. The van der Waals surface area contributed by atoms with Crippen molar-refractivity contribution in [2.45, 2.75) is 32.1 Å². The molecule has 94 valence electrons. The summed E-state index contributed by atoms with van der Waals surface area (Å²) in [6.07, 6.45) is 8.29. The van der Waals surface area contributed by atoms with Gasteiger partial charge in [-0.15, -0.1) is 0 Å². The number of benzene rings is 1. The van der Waals surface area contributed by atoms with Crippen molar-refractivity contribution in [1.29, 1.82) is 0 Å². The molecule has 0 aromatic heterocycles. The second kappa shape index (κ2) is 4.23. The monoisotopic (exact) mass is 306 g/mol. The molecule has 3 heteroatoms. The van der Waals surface area contributed by atoms with Gasteiger partial charge in [0.25, 0.3) is 0 Å². The molecule has 18 heavy (non-hydrogen) atoms. The third-order valence-corrected chi connectivity index (χ3v) is 4.71. The summed E-state index contributed by atoms with van der Waals surface area (Å²) in [5.74, 6) is -0.842. The van der Waals surface area contributed by atoms with Gasteiger partial charge in [-0.25, -0.2) is 4.79 Å². The van der Waals surface area contributed by atoms with Crippen LogP contribution in [-0.2, 0) is 0 Å². The van der Waals surface area contributed by atoms with Gasteiger partial charge >= 0.3 is 5.97 Å². The summed E-state index contributed by atoms with van der Waals surface area (Å²) in [5, 5.41) is 9.26. The van der Waals surface area contributed by atoms with Gasteiger partial charge in [0, 0.05) is 4.47 Å². The summed E-state index contributed by atoms with van der Waals surface area (Å²) in [7, 11) is 0. The third-order valence-electron chi connectivity index (χ3n) is 4.22. The number of aromatic carboxylic acids is 1. The first-order chi connectivity index (χ1) is 8.60. The molecule has 1 fully saturated rings. The lowest BCUT2D eigenvalue weighted by Gasteiger charge is -2.22. The van der Waals surface area contributed by atoms with Crippen molar-refractivity contribution in [3.8, 4) is 0 Å². The molecule has 0 atom stereocenters. The molecule has 0 unspecified atom stereocenters. The van der Waals surface area contributed by atoms with Crippen LogP contribution >= 0.6 is 15.9 Å². The van der Waals surface area contributed by atoms with Crippen LogP contribution in [-0.4, -0.2) is 11.1 Å². The van der Waals surface area contributed by atoms with Crippen LogP contribution in [0.5, 0.6) is 0 Å². The third kappa shape index (κ3) is 2.12. The van der Waals surface area contributed by atoms with Crippen LogP contribution in [0, 0.1) is 5.41 Å². The number of carbonyl (C=O) groups is 1. The molecule has 1 aromatic carbocycles. The summed E-state index contributed by atoms with van der Waals surface area (Å²) in [6, 6.07) is 5.41. The Balaban J connectivity index is 1.98. The van der Waals surface area contributed by atoms with Gasteiger partial charge in [0.1, 0.15) is 0 Å². The van der Waals surface area contributed by atoms with E-state index in [0.717, 1.165) is 22.9 Å². The van der Waals surface area contributed by atoms with Gasteiger partial charge in [0.05, 0.1) is 5.56 Å². The summed E-state index contributed by atoms with van der Waals surface area (Å²) in [5.41, 5.74) is 3.08. The van der Waals surface area contributed by atoms with Gasteiger partial charge in [0.2, 0.25) is 0 Å². The van der Waals surface area contributed by atoms with Crippen molar-refractivity contribution >= 4 is 27.5 Å². The molecule has 0 heterocycles.